The number of para-hydroxylation sites is 1. The number of hydrogen-bond donors (Lipinski definition) is 3. The molecule has 1 aliphatic rings. The number of carbonyl (C=O) groups is 2. The molecule has 0 aromatic heterocycles. The molecule has 33 heavy (non-hydrogen) atoms. The molecular formula is C23H30N6O4. The minimum Gasteiger partial charge on any atom is -0.494 e. The Morgan fingerprint density at radius 1 is 1.30 bits per heavy atom. The predicted molar refractivity (Wildman–Crippen MR) is 130 cm³/mol. The summed E-state index contributed by atoms with van der Waals surface area (Å²) < 4.78 is 10.7. The number of rotatable bonds is 10. The van der Waals surface area contributed by atoms with Gasteiger partial charge in [-0.25, -0.2) is 9.79 Å². The molecule has 0 unspecified atom stereocenters. The number of aliphatic imine (C=N–C) groups is 3. The molecule has 1 aromatic carbocycles. The SMILES string of the molecule is C=C(C(=O)OCC)/C(=C\C(=NC)NC(=O)C1CC1)Nc1cccc(C(N)=NC=NC)c1OC. The van der Waals surface area contributed by atoms with E-state index in [0.717, 1.165) is 12.8 Å². The lowest BCUT2D eigenvalue weighted by Crippen LogP contribution is -2.31. The Morgan fingerprint density at radius 2 is 2.03 bits per heavy atom. The average Bonchev–Trinajstić information content (AvgIpc) is 3.66. The number of carbonyl (C=O) groups excluding carboxylic acids is 2. The molecule has 0 radical (unpaired) electrons. The van der Waals surface area contributed by atoms with Crippen LogP contribution in [0.3, 0.4) is 0 Å². The van der Waals surface area contributed by atoms with Gasteiger partial charge >= 0.3 is 5.97 Å². The normalized spacial score (nSPS) is 14.7. The van der Waals surface area contributed by atoms with Crippen molar-refractivity contribution in [3.8, 4) is 5.75 Å². The van der Waals surface area contributed by atoms with E-state index in [9.17, 15) is 9.59 Å². The maximum atomic E-state index is 12.4. The number of nitrogens with one attached hydrogen (secondary N) is 2. The van der Waals surface area contributed by atoms with Gasteiger partial charge in [0.25, 0.3) is 0 Å². The predicted octanol–water partition coefficient (Wildman–Crippen LogP) is 2.03. The molecule has 1 aromatic rings. The van der Waals surface area contributed by atoms with Crippen LogP contribution in [0.1, 0.15) is 25.3 Å². The number of nitrogens with zero attached hydrogens (tertiary/aromatic N) is 3. The summed E-state index contributed by atoms with van der Waals surface area (Å²) in [6, 6.07) is 5.23. The molecule has 1 saturated carbocycles. The van der Waals surface area contributed by atoms with Crippen LogP contribution in [0.25, 0.3) is 0 Å². The first-order valence-electron chi connectivity index (χ1n) is 10.4. The lowest BCUT2D eigenvalue weighted by molar-refractivity contribution is -0.138. The summed E-state index contributed by atoms with van der Waals surface area (Å²) in [6.45, 7) is 5.74. The summed E-state index contributed by atoms with van der Waals surface area (Å²) in [6.07, 6.45) is 4.55. The topological polar surface area (TPSA) is 140 Å². The van der Waals surface area contributed by atoms with Gasteiger partial charge in [-0.15, -0.1) is 0 Å². The van der Waals surface area contributed by atoms with Crippen molar-refractivity contribution in [3.05, 3.63) is 47.7 Å². The third kappa shape index (κ3) is 7.03. The molecule has 10 heteroatoms. The van der Waals surface area contributed by atoms with Crippen LogP contribution in [0.4, 0.5) is 5.69 Å². The van der Waals surface area contributed by atoms with E-state index in [2.05, 4.69) is 32.2 Å². The average molecular weight is 455 g/mol. The van der Waals surface area contributed by atoms with Gasteiger partial charge in [0, 0.05) is 26.1 Å². The number of anilines is 1. The van der Waals surface area contributed by atoms with Crippen molar-refractivity contribution < 1.29 is 19.1 Å². The Labute approximate surface area is 193 Å². The molecular weight excluding hydrogens is 424 g/mol. The molecule has 0 spiro atoms. The molecule has 0 saturated heterocycles. The number of amidine groups is 2. The Kier molecular flexibility index (Phi) is 9.34. The highest BCUT2D eigenvalue weighted by atomic mass is 16.5. The van der Waals surface area contributed by atoms with Crippen LogP contribution >= 0.6 is 0 Å². The Balaban J connectivity index is 2.46. The molecule has 10 nitrogen and oxygen atoms in total. The fraction of sp³-hybridized carbons (Fsp3) is 0.348. The number of hydrogen-bond acceptors (Lipinski definition) is 7. The lowest BCUT2D eigenvalue weighted by Gasteiger charge is -2.18. The number of ether oxygens (including phenoxy) is 2. The van der Waals surface area contributed by atoms with E-state index < -0.39 is 5.97 Å². The minimum atomic E-state index is -0.615. The van der Waals surface area contributed by atoms with Crippen LogP contribution in [0.2, 0.25) is 0 Å². The molecule has 0 aliphatic heterocycles. The van der Waals surface area contributed by atoms with Crippen molar-refractivity contribution in [2.45, 2.75) is 19.8 Å². The fourth-order valence-electron chi connectivity index (χ4n) is 2.79. The van der Waals surface area contributed by atoms with Gasteiger partial charge in [0.05, 0.1) is 36.2 Å². The summed E-state index contributed by atoms with van der Waals surface area (Å²) in [5.74, 6) is 0.122. The van der Waals surface area contributed by atoms with Crippen molar-refractivity contribution in [1.29, 1.82) is 0 Å². The quantitative estimate of drug-likeness (QED) is 0.162. The molecule has 2 rings (SSSR count). The van der Waals surface area contributed by atoms with Crippen LogP contribution in [0.15, 0.2) is 57.1 Å². The van der Waals surface area contributed by atoms with Gasteiger partial charge in [0.2, 0.25) is 5.91 Å². The van der Waals surface area contributed by atoms with Crippen molar-refractivity contribution >= 4 is 35.6 Å². The van der Waals surface area contributed by atoms with Crippen LogP contribution in [0.5, 0.6) is 5.75 Å². The monoisotopic (exact) mass is 454 g/mol. The highest BCUT2D eigenvalue weighted by Gasteiger charge is 2.30. The van der Waals surface area contributed by atoms with Crippen LogP contribution < -0.4 is 21.1 Å². The first-order valence-corrected chi connectivity index (χ1v) is 10.4. The third-order valence-corrected chi connectivity index (χ3v) is 4.65. The van der Waals surface area contributed by atoms with E-state index in [1.807, 2.05) is 0 Å². The van der Waals surface area contributed by atoms with Crippen LogP contribution in [-0.4, -0.2) is 57.7 Å². The smallest absolute Gasteiger partial charge is 0.339 e. The van der Waals surface area contributed by atoms with Crippen molar-refractivity contribution in [3.63, 3.8) is 0 Å². The molecule has 176 valence electrons. The number of benzene rings is 1. The summed E-state index contributed by atoms with van der Waals surface area (Å²) in [5.41, 5.74) is 7.40. The van der Waals surface area contributed by atoms with Crippen molar-refractivity contribution in [1.82, 2.24) is 5.32 Å². The molecule has 1 aliphatic carbocycles. The molecule has 4 N–H and O–H groups in total. The lowest BCUT2D eigenvalue weighted by atomic mass is 10.1. The van der Waals surface area contributed by atoms with Crippen molar-refractivity contribution in [2.75, 3.05) is 33.1 Å². The van der Waals surface area contributed by atoms with Crippen molar-refractivity contribution in [2.24, 2.45) is 26.6 Å². The molecule has 0 atom stereocenters. The number of nitrogens with two attached hydrogens (primary N) is 1. The van der Waals surface area contributed by atoms with Gasteiger partial charge in [-0.1, -0.05) is 12.6 Å². The zero-order chi connectivity index (χ0) is 24.4. The van der Waals surface area contributed by atoms with Crippen LogP contribution in [-0.2, 0) is 14.3 Å². The first kappa shape index (κ1) is 25.3. The molecule has 0 bridgehead atoms. The van der Waals surface area contributed by atoms with Gasteiger partial charge in [-0.05, 0) is 31.9 Å². The Morgan fingerprint density at radius 3 is 2.61 bits per heavy atom. The van der Waals surface area contributed by atoms with Gasteiger partial charge < -0.3 is 25.8 Å². The summed E-state index contributed by atoms with van der Waals surface area (Å²) in [4.78, 5) is 36.6. The Hall–Kier alpha value is -3.95. The zero-order valence-electron chi connectivity index (χ0n) is 19.3. The van der Waals surface area contributed by atoms with Gasteiger partial charge in [-0.2, -0.15) is 0 Å². The summed E-state index contributed by atoms with van der Waals surface area (Å²) in [7, 11) is 4.61. The largest absolute Gasteiger partial charge is 0.494 e. The first-order chi connectivity index (χ1) is 15.9. The summed E-state index contributed by atoms with van der Waals surface area (Å²) >= 11 is 0. The highest BCUT2D eigenvalue weighted by Crippen LogP contribution is 2.31. The van der Waals surface area contributed by atoms with E-state index in [-0.39, 0.29) is 41.4 Å². The fourth-order valence-corrected chi connectivity index (χ4v) is 2.79. The second-order valence-corrected chi connectivity index (χ2v) is 7.03. The third-order valence-electron chi connectivity index (χ3n) is 4.65. The standard InChI is InChI=1S/C23H30N6O4/c1-6-33-23(31)14(2)18(12-19(26-4)29-22(30)15-10-11-15)28-17-9-7-8-16(20(17)32-5)21(24)27-13-25-3/h7-9,12-13,15,28H,2,6,10-11H2,1,3-5H3,(H2,24,25,27)(H,26,29,30)/b18-12+. The maximum absolute atomic E-state index is 12.4. The second kappa shape index (κ2) is 12.2. The van der Waals surface area contributed by atoms with E-state index in [0.29, 0.717) is 17.0 Å². The number of amides is 1. The maximum Gasteiger partial charge on any atom is 0.339 e. The minimum absolute atomic E-state index is 0.00878. The van der Waals surface area contributed by atoms with E-state index in [1.54, 1.807) is 32.2 Å². The van der Waals surface area contributed by atoms with E-state index >= 15 is 0 Å². The highest BCUT2D eigenvalue weighted by molar-refractivity contribution is 6.08. The Bertz CT molecular complexity index is 1020. The number of methoxy groups -OCH3 is 1. The molecule has 1 amide bonds. The molecule has 1 fully saturated rings. The van der Waals surface area contributed by atoms with Gasteiger partial charge in [0.15, 0.2) is 5.75 Å². The van der Waals surface area contributed by atoms with Gasteiger partial charge in [-0.3, -0.25) is 14.8 Å². The summed E-state index contributed by atoms with van der Waals surface area (Å²) in [5, 5.41) is 5.90. The van der Waals surface area contributed by atoms with E-state index in [4.69, 9.17) is 15.2 Å². The number of esters is 1. The van der Waals surface area contributed by atoms with E-state index in [1.165, 1.54) is 26.6 Å². The molecule has 0 heterocycles. The second-order valence-electron chi connectivity index (χ2n) is 7.03. The van der Waals surface area contributed by atoms with Crippen LogP contribution in [0, 0.1) is 5.92 Å². The zero-order valence-corrected chi connectivity index (χ0v) is 19.3. The van der Waals surface area contributed by atoms with Gasteiger partial charge in [0.1, 0.15) is 18.0 Å².